The molecule has 1 aliphatic rings. The first kappa shape index (κ1) is 33.4. The maximum atomic E-state index is 2.68. The largest absolute Gasteiger partial charge is 0.356 e. The van der Waals surface area contributed by atoms with Crippen LogP contribution >= 0.6 is 0 Å². The minimum absolute atomic E-state index is 0.641. The monoisotopic (exact) mass is 505 g/mol. The second-order valence-electron chi connectivity index (χ2n) is 11.8. The molecule has 0 unspecified atom stereocenters. The summed E-state index contributed by atoms with van der Waals surface area (Å²) >= 11 is 0. The zero-order valence-corrected chi connectivity index (χ0v) is 25.4. The standard InChI is InChI=1S/C34H68N2/c1-4-7-10-12-14-16-18-20-22-24-27-30-35-32-33-36(34(35)29-26-9-6-3)31-28-25-23-21-19-17-15-13-11-8-5-2/h32-34H,4-31H2,1-3H3. The molecule has 0 saturated carbocycles. The molecule has 0 aromatic carbocycles. The molecule has 0 amide bonds. The molecule has 1 rings (SSSR count). The van der Waals surface area contributed by atoms with E-state index in [9.17, 15) is 0 Å². The van der Waals surface area contributed by atoms with Gasteiger partial charge in [0, 0.05) is 25.5 Å². The Balaban J connectivity index is 2.11. The Bertz CT molecular complexity index is 424. The van der Waals surface area contributed by atoms with Crippen LogP contribution in [0.1, 0.15) is 188 Å². The van der Waals surface area contributed by atoms with Crippen molar-refractivity contribution in [2.45, 2.75) is 194 Å². The molecule has 1 heterocycles. The number of hydrogen-bond acceptors (Lipinski definition) is 2. The molecule has 0 aromatic rings. The van der Waals surface area contributed by atoms with E-state index in [1.807, 2.05) is 0 Å². The summed E-state index contributed by atoms with van der Waals surface area (Å²) < 4.78 is 0. The SMILES string of the molecule is CCCCCCCCCCCCCN1C=CN(CCCCCCCCCCCCC)C1CCCCC. The van der Waals surface area contributed by atoms with Crippen molar-refractivity contribution in [3.63, 3.8) is 0 Å². The van der Waals surface area contributed by atoms with Crippen molar-refractivity contribution < 1.29 is 0 Å². The van der Waals surface area contributed by atoms with Crippen LogP contribution in [0.25, 0.3) is 0 Å². The number of hydrogen-bond donors (Lipinski definition) is 0. The number of nitrogens with zero attached hydrogens (tertiary/aromatic N) is 2. The van der Waals surface area contributed by atoms with Gasteiger partial charge in [-0.25, -0.2) is 0 Å². The number of unbranched alkanes of at least 4 members (excludes halogenated alkanes) is 22. The normalized spacial score (nSPS) is 14.0. The first-order valence-electron chi connectivity index (χ1n) is 17.0. The van der Waals surface area contributed by atoms with Crippen molar-refractivity contribution in [1.29, 1.82) is 0 Å². The zero-order chi connectivity index (χ0) is 25.9. The summed E-state index contributed by atoms with van der Waals surface area (Å²) in [5.74, 6) is 0. The molecule has 0 spiro atoms. The van der Waals surface area contributed by atoms with Gasteiger partial charge in [0.15, 0.2) is 0 Å². The fourth-order valence-corrected chi connectivity index (χ4v) is 5.83. The Labute approximate surface area is 229 Å². The molecular formula is C34H68N2. The highest BCUT2D eigenvalue weighted by Gasteiger charge is 2.24. The summed E-state index contributed by atoms with van der Waals surface area (Å²) in [6, 6.07) is 0. The molecule has 1 aliphatic heterocycles. The summed E-state index contributed by atoms with van der Waals surface area (Å²) in [7, 11) is 0. The van der Waals surface area contributed by atoms with Crippen LogP contribution < -0.4 is 0 Å². The van der Waals surface area contributed by atoms with Gasteiger partial charge in [0.25, 0.3) is 0 Å². The molecule has 0 bridgehead atoms. The van der Waals surface area contributed by atoms with Crippen molar-refractivity contribution in [3.8, 4) is 0 Å². The first-order chi connectivity index (χ1) is 17.8. The topological polar surface area (TPSA) is 6.48 Å². The highest BCUT2D eigenvalue weighted by molar-refractivity contribution is 4.97. The van der Waals surface area contributed by atoms with Gasteiger partial charge < -0.3 is 9.80 Å². The lowest BCUT2D eigenvalue weighted by Gasteiger charge is -2.33. The van der Waals surface area contributed by atoms with Crippen molar-refractivity contribution in [2.75, 3.05) is 13.1 Å². The maximum Gasteiger partial charge on any atom is 0.101 e. The van der Waals surface area contributed by atoms with Crippen LogP contribution in [-0.4, -0.2) is 29.1 Å². The molecule has 2 nitrogen and oxygen atoms in total. The van der Waals surface area contributed by atoms with E-state index < -0.39 is 0 Å². The quantitative estimate of drug-likeness (QED) is 0.0977. The van der Waals surface area contributed by atoms with Crippen molar-refractivity contribution in [1.82, 2.24) is 9.80 Å². The van der Waals surface area contributed by atoms with E-state index in [2.05, 4.69) is 43.0 Å². The molecule has 214 valence electrons. The van der Waals surface area contributed by atoms with Crippen LogP contribution in [0.4, 0.5) is 0 Å². The lowest BCUT2D eigenvalue weighted by molar-refractivity contribution is 0.135. The molecule has 0 saturated heterocycles. The smallest absolute Gasteiger partial charge is 0.101 e. The van der Waals surface area contributed by atoms with Crippen molar-refractivity contribution in [3.05, 3.63) is 12.4 Å². The Morgan fingerprint density at radius 1 is 0.361 bits per heavy atom. The van der Waals surface area contributed by atoms with Crippen molar-refractivity contribution >= 4 is 0 Å². The molecule has 0 radical (unpaired) electrons. The van der Waals surface area contributed by atoms with Crippen LogP contribution in [0.2, 0.25) is 0 Å². The van der Waals surface area contributed by atoms with Gasteiger partial charge in [0.1, 0.15) is 6.17 Å². The van der Waals surface area contributed by atoms with Crippen LogP contribution in [0.5, 0.6) is 0 Å². The lowest BCUT2D eigenvalue weighted by atomic mass is 10.1. The summed E-state index contributed by atoms with van der Waals surface area (Å²) in [5.41, 5.74) is 0. The Kier molecular flexibility index (Phi) is 24.1. The van der Waals surface area contributed by atoms with E-state index in [1.165, 1.54) is 180 Å². The predicted molar refractivity (Wildman–Crippen MR) is 163 cm³/mol. The zero-order valence-electron chi connectivity index (χ0n) is 25.4. The summed E-state index contributed by atoms with van der Waals surface area (Å²) in [6.45, 7) is 9.47. The van der Waals surface area contributed by atoms with E-state index in [-0.39, 0.29) is 0 Å². The molecular weight excluding hydrogens is 436 g/mol. The lowest BCUT2D eigenvalue weighted by Crippen LogP contribution is -2.39. The fraction of sp³-hybridized carbons (Fsp3) is 0.941. The van der Waals surface area contributed by atoms with E-state index in [1.54, 1.807) is 0 Å². The van der Waals surface area contributed by atoms with Gasteiger partial charge in [-0.15, -0.1) is 0 Å². The average molecular weight is 505 g/mol. The third kappa shape index (κ3) is 18.6. The van der Waals surface area contributed by atoms with Gasteiger partial charge in [-0.1, -0.05) is 162 Å². The molecule has 2 heteroatoms. The minimum Gasteiger partial charge on any atom is -0.356 e. The van der Waals surface area contributed by atoms with Gasteiger partial charge >= 0.3 is 0 Å². The van der Waals surface area contributed by atoms with Crippen LogP contribution in [0.15, 0.2) is 12.4 Å². The van der Waals surface area contributed by atoms with Crippen LogP contribution in [0.3, 0.4) is 0 Å². The minimum atomic E-state index is 0.641. The molecule has 0 fully saturated rings. The van der Waals surface area contributed by atoms with E-state index in [0.29, 0.717) is 6.17 Å². The highest BCUT2D eigenvalue weighted by atomic mass is 15.4. The van der Waals surface area contributed by atoms with Gasteiger partial charge in [0.2, 0.25) is 0 Å². The molecule has 0 aromatic heterocycles. The molecule has 0 atom stereocenters. The van der Waals surface area contributed by atoms with Gasteiger partial charge in [-0.2, -0.15) is 0 Å². The Hall–Kier alpha value is -0.660. The average Bonchev–Trinajstić information content (AvgIpc) is 3.27. The first-order valence-corrected chi connectivity index (χ1v) is 17.0. The van der Waals surface area contributed by atoms with E-state index >= 15 is 0 Å². The highest BCUT2D eigenvalue weighted by Crippen LogP contribution is 2.23. The third-order valence-corrected chi connectivity index (χ3v) is 8.32. The fourth-order valence-electron chi connectivity index (χ4n) is 5.83. The predicted octanol–water partition coefficient (Wildman–Crippen LogP) is 11.6. The Morgan fingerprint density at radius 2 is 0.639 bits per heavy atom. The van der Waals surface area contributed by atoms with Gasteiger partial charge in [0.05, 0.1) is 0 Å². The second-order valence-corrected chi connectivity index (χ2v) is 11.8. The summed E-state index contributed by atoms with van der Waals surface area (Å²) in [4.78, 5) is 5.36. The maximum absolute atomic E-state index is 2.68. The Morgan fingerprint density at radius 3 is 0.972 bits per heavy atom. The van der Waals surface area contributed by atoms with E-state index in [0.717, 1.165) is 0 Å². The third-order valence-electron chi connectivity index (χ3n) is 8.32. The van der Waals surface area contributed by atoms with Crippen molar-refractivity contribution in [2.24, 2.45) is 0 Å². The van der Waals surface area contributed by atoms with E-state index in [4.69, 9.17) is 0 Å². The molecule has 0 aliphatic carbocycles. The van der Waals surface area contributed by atoms with Gasteiger partial charge in [-0.3, -0.25) is 0 Å². The van der Waals surface area contributed by atoms with Gasteiger partial charge in [-0.05, 0) is 25.7 Å². The second kappa shape index (κ2) is 26.0. The molecule has 0 N–H and O–H groups in total. The van der Waals surface area contributed by atoms with Crippen LogP contribution in [0, 0.1) is 0 Å². The van der Waals surface area contributed by atoms with Crippen LogP contribution in [-0.2, 0) is 0 Å². The summed E-state index contributed by atoms with van der Waals surface area (Å²) in [5, 5.41) is 0. The summed E-state index contributed by atoms with van der Waals surface area (Å²) in [6.07, 6.45) is 42.5. The molecule has 36 heavy (non-hydrogen) atoms. The number of rotatable bonds is 28.